The molecule has 4 nitrogen and oxygen atoms in total. The lowest BCUT2D eigenvalue weighted by atomic mass is 9.82. The summed E-state index contributed by atoms with van der Waals surface area (Å²) in [5.41, 5.74) is 16.4. The van der Waals surface area contributed by atoms with Crippen LogP contribution in [0.25, 0.3) is 121 Å². The molecule has 68 heavy (non-hydrogen) atoms. The van der Waals surface area contributed by atoms with Gasteiger partial charge in [0, 0.05) is 71.5 Å². The SMILES string of the molecule is c1ccc(Nc2ccc3ccc4c(Nc5ccccc5)c(-c5cccc(-c6cccc7c6oc6ccccc67)c5)c(-c5cccc(-c6cccc7c6oc6ccccc67)c5)c5ccc2c3c45)cc1. The zero-order valence-corrected chi connectivity index (χ0v) is 36.8. The highest BCUT2D eigenvalue weighted by Gasteiger charge is 2.25. The number of furan rings is 2. The topological polar surface area (TPSA) is 50.3 Å². The van der Waals surface area contributed by atoms with E-state index in [1.165, 1.54) is 26.9 Å². The predicted molar refractivity (Wildman–Crippen MR) is 286 cm³/mol. The zero-order valence-electron chi connectivity index (χ0n) is 36.8. The molecule has 0 atom stereocenters. The lowest BCUT2D eigenvalue weighted by Gasteiger charge is -2.25. The van der Waals surface area contributed by atoms with Crippen molar-refractivity contribution in [2.45, 2.75) is 0 Å². The highest BCUT2D eigenvalue weighted by Crippen LogP contribution is 2.52. The van der Waals surface area contributed by atoms with Gasteiger partial charge in [0.05, 0.1) is 5.69 Å². The fourth-order valence-corrected chi connectivity index (χ4v) is 10.8. The van der Waals surface area contributed by atoms with E-state index < -0.39 is 0 Å². The molecule has 0 unspecified atom stereocenters. The molecule has 0 aliphatic rings. The summed E-state index contributed by atoms with van der Waals surface area (Å²) in [5.74, 6) is 0. The molecule has 2 aromatic heterocycles. The minimum Gasteiger partial charge on any atom is -0.455 e. The number of hydrogen-bond acceptors (Lipinski definition) is 4. The molecule has 4 heteroatoms. The molecule has 14 aromatic rings. The molecule has 14 rings (SSSR count). The van der Waals surface area contributed by atoms with Crippen LogP contribution >= 0.6 is 0 Å². The fraction of sp³-hybridized carbons (Fsp3) is 0. The molecule has 0 aliphatic carbocycles. The van der Waals surface area contributed by atoms with Gasteiger partial charge in [0.1, 0.15) is 22.3 Å². The molecule has 0 bridgehead atoms. The van der Waals surface area contributed by atoms with Crippen molar-refractivity contribution >= 4 is 98.9 Å². The molecule has 0 spiro atoms. The smallest absolute Gasteiger partial charge is 0.143 e. The van der Waals surface area contributed by atoms with Crippen LogP contribution in [0.2, 0.25) is 0 Å². The van der Waals surface area contributed by atoms with Crippen LogP contribution < -0.4 is 10.6 Å². The lowest BCUT2D eigenvalue weighted by Crippen LogP contribution is -2.01. The second-order valence-electron chi connectivity index (χ2n) is 17.7. The Morgan fingerprint density at radius 3 is 1.41 bits per heavy atom. The first-order chi connectivity index (χ1) is 33.7. The fourth-order valence-electron chi connectivity index (χ4n) is 10.8. The van der Waals surface area contributed by atoms with Gasteiger partial charge >= 0.3 is 0 Å². The summed E-state index contributed by atoms with van der Waals surface area (Å²) in [6.45, 7) is 0. The first-order valence-corrected chi connectivity index (χ1v) is 23.2. The summed E-state index contributed by atoms with van der Waals surface area (Å²) in [6.07, 6.45) is 0. The normalized spacial score (nSPS) is 11.8. The van der Waals surface area contributed by atoms with E-state index in [4.69, 9.17) is 8.83 Å². The van der Waals surface area contributed by atoms with Crippen molar-refractivity contribution in [1.82, 2.24) is 0 Å². The van der Waals surface area contributed by atoms with Gasteiger partial charge in [-0.1, -0.05) is 176 Å². The van der Waals surface area contributed by atoms with E-state index in [-0.39, 0.29) is 0 Å². The number of benzene rings is 12. The summed E-state index contributed by atoms with van der Waals surface area (Å²) in [7, 11) is 0. The second kappa shape index (κ2) is 15.2. The van der Waals surface area contributed by atoms with Crippen molar-refractivity contribution in [3.8, 4) is 44.5 Å². The number of para-hydroxylation sites is 6. The van der Waals surface area contributed by atoms with E-state index in [9.17, 15) is 0 Å². The van der Waals surface area contributed by atoms with Gasteiger partial charge in [0.25, 0.3) is 0 Å². The Bertz CT molecular complexity index is 4260. The van der Waals surface area contributed by atoms with Crippen LogP contribution in [0.3, 0.4) is 0 Å². The molecule has 2 N–H and O–H groups in total. The summed E-state index contributed by atoms with van der Waals surface area (Å²) in [6, 6.07) is 82.3. The summed E-state index contributed by atoms with van der Waals surface area (Å²) >= 11 is 0. The molecule has 0 fully saturated rings. The summed E-state index contributed by atoms with van der Waals surface area (Å²) in [4.78, 5) is 0. The molecule has 0 saturated carbocycles. The first kappa shape index (κ1) is 38.2. The third-order valence-corrected chi connectivity index (χ3v) is 13.8. The van der Waals surface area contributed by atoms with Crippen molar-refractivity contribution in [3.63, 3.8) is 0 Å². The van der Waals surface area contributed by atoms with Gasteiger partial charge in [-0.2, -0.15) is 0 Å². The average molecular weight is 869 g/mol. The predicted octanol–water partition coefficient (Wildman–Crippen LogP) is 18.5. The van der Waals surface area contributed by atoms with E-state index in [1.54, 1.807) is 0 Å². The van der Waals surface area contributed by atoms with E-state index in [0.29, 0.717) is 0 Å². The van der Waals surface area contributed by atoms with E-state index in [0.717, 1.165) is 117 Å². The van der Waals surface area contributed by atoms with Gasteiger partial charge in [-0.15, -0.1) is 0 Å². The van der Waals surface area contributed by atoms with Crippen LogP contribution in [0.4, 0.5) is 22.7 Å². The van der Waals surface area contributed by atoms with Crippen LogP contribution in [0, 0.1) is 0 Å². The Morgan fingerprint density at radius 1 is 0.294 bits per heavy atom. The summed E-state index contributed by atoms with van der Waals surface area (Å²) in [5, 5.41) is 19.3. The Hall–Kier alpha value is -9.12. The van der Waals surface area contributed by atoms with E-state index in [2.05, 4.69) is 229 Å². The first-order valence-electron chi connectivity index (χ1n) is 23.2. The number of rotatable bonds is 8. The Labute approximate surface area is 391 Å². The monoisotopic (exact) mass is 868 g/mol. The molecule has 12 aromatic carbocycles. The van der Waals surface area contributed by atoms with Gasteiger partial charge < -0.3 is 19.5 Å². The molecule has 0 radical (unpaired) electrons. The van der Waals surface area contributed by atoms with Gasteiger partial charge in [-0.25, -0.2) is 0 Å². The van der Waals surface area contributed by atoms with E-state index >= 15 is 0 Å². The molecule has 0 saturated heterocycles. The second-order valence-corrected chi connectivity index (χ2v) is 17.7. The third kappa shape index (κ3) is 6.01. The minimum atomic E-state index is 0.884. The molecular weight excluding hydrogens is 829 g/mol. The minimum absolute atomic E-state index is 0.884. The van der Waals surface area contributed by atoms with Crippen LogP contribution in [0.15, 0.2) is 239 Å². The maximum absolute atomic E-state index is 6.64. The summed E-state index contributed by atoms with van der Waals surface area (Å²) < 4.78 is 13.3. The molecule has 318 valence electrons. The molecule has 0 amide bonds. The number of fused-ring (bicyclic) bond motifs is 6. The van der Waals surface area contributed by atoms with Gasteiger partial charge in [-0.05, 0) is 98.6 Å². The Kier molecular flexibility index (Phi) is 8.55. The number of hydrogen-bond donors (Lipinski definition) is 2. The average Bonchev–Trinajstić information content (AvgIpc) is 3.98. The van der Waals surface area contributed by atoms with Crippen molar-refractivity contribution < 1.29 is 8.83 Å². The van der Waals surface area contributed by atoms with Gasteiger partial charge in [0.15, 0.2) is 0 Å². The molecule has 0 aliphatic heterocycles. The zero-order chi connectivity index (χ0) is 44.7. The van der Waals surface area contributed by atoms with E-state index in [1.807, 2.05) is 12.1 Å². The number of anilines is 4. The van der Waals surface area contributed by atoms with Gasteiger partial charge in [0.2, 0.25) is 0 Å². The standard InChI is InChI=1S/C64H40N2O2/c1-3-19-44(20-4-1)65-55-36-32-39-31-33-54-61-53(35-34-52(55)58(39)61)59(42-17-11-15-40(37-42)46-25-13-27-50-48-23-7-9-29-56(48)67-63(46)50)60(62(54)66-45-21-5-2-6-22-45)43-18-12-16-41(38-43)47-26-14-28-51-49-24-8-10-30-57(49)68-64(47)51/h1-38,65-66H. The third-order valence-electron chi connectivity index (χ3n) is 13.8. The van der Waals surface area contributed by atoms with Crippen LogP contribution in [-0.2, 0) is 0 Å². The quantitative estimate of drug-likeness (QED) is 0.149. The van der Waals surface area contributed by atoms with Crippen LogP contribution in [0.1, 0.15) is 0 Å². The molecular formula is C64H40N2O2. The Morgan fingerprint density at radius 2 is 0.779 bits per heavy atom. The van der Waals surface area contributed by atoms with Gasteiger partial charge in [-0.3, -0.25) is 0 Å². The van der Waals surface area contributed by atoms with Crippen LogP contribution in [-0.4, -0.2) is 0 Å². The Balaban J connectivity index is 1.08. The van der Waals surface area contributed by atoms with Crippen molar-refractivity contribution in [2.24, 2.45) is 0 Å². The highest BCUT2D eigenvalue weighted by atomic mass is 16.3. The molecule has 2 heterocycles. The van der Waals surface area contributed by atoms with Crippen molar-refractivity contribution in [1.29, 1.82) is 0 Å². The lowest BCUT2D eigenvalue weighted by molar-refractivity contribution is 0.669. The van der Waals surface area contributed by atoms with Crippen molar-refractivity contribution in [2.75, 3.05) is 10.6 Å². The maximum atomic E-state index is 6.64. The van der Waals surface area contributed by atoms with Crippen molar-refractivity contribution in [3.05, 3.63) is 231 Å². The van der Waals surface area contributed by atoms with Crippen LogP contribution in [0.5, 0.6) is 0 Å². The maximum Gasteiger partial charge on any atom is 0.143 e. The largest absolute Gasteiger partial charge is 0.455 e. The highest BCUT2D eigenvalue weighted by molar-refractivity contribution is 6.32. The number of nitrogens with one attached hydrogen (secondary N) is 2.